The Balaban J connectivity index is 1.87. The van der Waals surface area contributed by atoms with E-state index in [1.54, 1.807) is 22.5 Å². The van der Waals surface area contributed by atoms with Crippen LogP contribution in [-0.4, -0.2) is 25.8 Å². The highest BCUT2D eigenvalue weighted by Gasteiger charge is 2.36. The van der Waals surface area contributed by atoms with Crippen LogP contribution in [0.15, 0.2) is 27.6 Å². The Labute approximate surface area is 139 Å². The summed E-state index contributed by atoms with van der Waals surface area (Å²) in [4.78, 5) is 0.359. The van der Waals surface area contributed by atoms with E-state index in [0.29, 0.717) is 40.2 Å². The minimum absolute atomic E-state index is 0.359. The zero-order valence-corrected chi connectivity index (χ0v) is 14.9. The Morgan fingerprint density at radius 3 is 2.14 bits per heavy atom. The van der Waals surface area contributed by atoms with E-state index in [4.69, 9.17) is 11.6 Å². The maximum absolute atomic E-state index is 12.9. The van der Waals surface area contributed by atoms with Crippen molar-refractivity contribution in [2.45, 2.75) is 36.5 Å². The molecule has 0 atom stereocenters. The number of benzene rings is 1. The van der Waals surface area contributed by atoms with Crippen LogP contribution in [0.25, 0.3) is 0 Å². The van der Waals surface area contributed by atoms with Crippen molar-refractivity contribution in [2.24, 2.45) is 11.8 Å². The molecule has 0 radical (unpaired) electrons. The summed E-state index contributed by atoms with van der Waals surface area (Å²) in [6, 6.07) is 5.26. The second kappa shape index (κ2) is 6.19. The lowest BCUT2D eigenvalue weighted by atomic mass is 10.2. The van der Waals surface area contributed by atoms with E-state index < -0.39 is 10.0 Å². The summed E-state index contributed by atoms with van der Waals surface area (Å²) < 4.78 is 28.2. The van der Waals surface area contributed by atoms with E-state index in [1.165, 1.54) is 0 Å². The number of alkyl halides is 1. The molecule has 116 valence electrons. The highest BCUT2D eigenvalue weighted by molar-refractivity contribution is 9.10. The summed E-state index contributed by atoms with van der Waals surface area (Å²) in [6.07, 6.45) is 4.62. The Morgan fingerprint density at radius 2 is 1.71 bits per heavy atom. The Hall–Kier alpha value is -0.100. The summed E-state index contributed by atoms with van der Waals surface area (Å²) in [5.41, 5.74) is 0.915. The van der Waals surface area contributed by atoms with Crippen molar-refractivity contribution in [1.82, 2.24) is 4.31 Å². The molecule has 2 saturated carbocycles. The van der Waals surface area contributed by atoms with Gasteiger partial charge in [0.25, 0.3) is 0 Å². The molecule has 0 N–H and O–H groups in total. The molecule has 2 aliphatic carbocycles. The van der Waals surface area contributed by atoms with Crippen LogP contribution in [0.3, 0.4) is 0 Å². The number of hydrogen-bond acceptors (Lipinski definition) is 2. The lowest BCUT2D eigenvalue weighted by Crippen LogP contribution is -2.35. The lowest BCUT2D eigenvalue weighted by Gasteiger charge is -2.23. The van der Waals surface area contributed by atoms with Gasteiger partial charge in [0.05, 0.1) is 4.90 Å². The zero-order valence-electron chi connectivity index (χ0n) is 11.8. The summed E-state index contributed by atoms with van der Waals surface area (Å²) in [7, 11) is -3.42. The molecule has 2 fully saturated rings. The molecule has 6 heteroatoms. The first kappa shape index (κ1) is 15.8. The molecular formula is C15H19BrClNO2S. The van der Waals surface area contributed by atoms with Gasteiger partial charge in [0.2, 0.25) is 10.0 Å². The average molecular weight is 393 g/mol. The van der Waals surface area contributed by atoms with E-state index in [-0.39, 0.29) is 0 Å². The topological polar surface area (TPSA) is 37.4 Å². The summed E-state index contributed by atoms with van der Waals surface area (Å²) in [5.74, 6) is 1.49. The number of sulfonamides is 1. The van der Waals surface area contributed by atoms with Crippen LogP contribution in [0.5, 0.6) is 0 Å². The first-order chi connectivity index (χ1) is 10.0. The SMILES string of the molecule is O=S(=O)(c1ccc(CCl)cc1Br)N(CC1CC1)CC1CC1. The van der Waals surface area contributed by atoms with Gasteiger partial charge in [0, 0.05) is 23.4 Å². The molecular weight excluding hydrogens is 374 g/mol. The van der Waals surface area contributed by atoms with Gasteiger partial charge in [-0.25, -0.2) is 8.42 Å². The molecule has 0 unspecified atom stereocenters. The van der Waals surface area contributed by atoms with Gasteiger partial charge in [-0.15, -0.1) is 11.6 Å². The summed E-state index contributed by atoms with van der Waals surface area (Å²) >= 11 is 9.19. The minimum Gasteiger partial charge on any atom is -0.207 e. The molecule has 2 aliphatic rings. The molecule has 0 aromatic heterocycles. The zero-order chi connectivity index (χ0) is 15.0. The third-order valence-electron chi connectivity index (χ3n) is 4.09. The lowest BCUT2D eigenvalue weighted by molar-refractivity contribution is 0.382. The van der Waals surface area contributed by atoms with Gasteiger partial charge in [-0.3, -0.25) is 0 Å². The fraction of sp³-hybridized carbons (Fsp3) is 0.600. The highest BCUT2D eigenvalue weighted by Crippen LogP contribution is 2.37. The second-order valence-corrected chi connectivity index (χ2v) is 9.14. The number of nitrogens with zero attached hydrogens (tertiary/aromatic N) is 1. The van der Waals surface area contributed by atoms with Crippen LogP contribution >= 0.6 is 27.5 Å². The maximum atomic E-state index is 12.9. The molecule has 0 bridgehead atoms. The number of rotatable bonds is 7. The van der Waals surface area contributed by atoms with Gasteiger partial charge in [-0.05, 0) is 71.1 Å². The second-order valence-electron chi connectivity index (χ2n) is 6.11. The predicted molar refractivity (Wildman–Crippen MR) is 87.9 cm³/mol. The van der Waals surface area contributed by atoms with Gasteiger partial charge in [0.15, 0.2) is 0 Å². The average Bonchev–Trinajstić information content (AvgIpc) is 3.32. The van der Waals surface area contributed by atoms with E-state index >= 15 is 0 Å². The van der Waals surface area contributed by atoms with Gasteiger partial charge in [0.1, 0.15) is 0 Å². The molecule has 3 nitrogen and oxygen atoms in total. The van der Waals surface area contributed by atoms with Crippen LogP contribution in [0, 0.1) is 11.8 Å². The van der Waals surface area contributed by atoms with Crippen molar-refractivity contribution < 1.29 is 8.42 Å². The first-order valence-corrected chi connectivity index (χ1v) is 10.1. The fourth-order valence-corrected chi connectivity index (χ4v) is 5.27. The fourth-order valence-electron chi connectivity index (χ4n) is 2.42. The number of halogens is 2. The van der Waals surface area contributed by atoms with Gasteiger partial charge >= 0.3 is 0 Å². The predicted octanol–water partition coefficient (Wildman–Crippen LogP) is 4.00. The molecule has 21 heavy (non-hydrogen) atoms. The molecule has 0 amide bonds. The van der Waals surface area contributed by atoms with Gasteiger partial charge < -0.3 is 0 Å². The van der Waals surface area contributed by atoms with Crippen molar-refractivity contribution in [3.05, 3.63) is 28.2 Å². The summed E-state index contributed by atoms with van der Waals surface area (Å²) in [5, 5.41) is 0. The number of hydrogen-bond donors (Lipinski definition) is 0. The highest BCUT2D eigenvalue weighted by atomic mass is 79.9. The van der Waals surface area contributed by atoms with Crippen LogP contribution in [0.2, 0.25) is 0 Å². The Bertz CT molecular complexity index is 613. The van der Waals surface area contributed by atoms with Crippen molar-refractivity contribution >= 4 is 37.6 Å². The van der Waals surface area contributed by atoms with E-state index in [9.17, 15) is 8.42 Å². The molecule has 0 heterocycles. The van der Waals surface area contributed by atoms with Crippen molar-refractivity contribution in [2.75, 3.05) is 13.1 Å². The minimum atomic E-state index is -3.42. The third-order valence-corrected chi connectivity index (χ3v) is 7.20. The van der Waals surface area contributed by atoms with Gasteiger partial charge in [-0.2, -0.15) is 4.31 Å². The molecule has 0 spiro atoms. The smallest absolute Gasteiger partial charge is 0.207 e. The van der Waals surface area contributed by atoms with Crippen LogP contribution in [0.1, 0.15) is 31.2 Å². The van der Waals surface area contributed by atoms with Crippen molar-refractivity contribution in [1.29, 1.82) is 0 Å². The van der Waals surface area contributed by atoms with Crippen molar-refractivity contribution in [3.8, 4) is 0 Å². The van der Waals surface area contributed by atoms with E-state index in [0.717, 1.165) is 31.2 Å². The van der Waals surface area contributed by atoms with E-state index in [2.05, 4.69) is 15.9 Å². The standard InChI is InChI=1S/C15H19BrClNO2S/c16-14-7-13(8-17)5-6-15(14)21(19,20)18(9-11-1-2-11)10-12-3-4-12/h5-7,11-12H,1-4,8-10H2. The Kier molecular flexibility index (Phi) is 4.65. The van der Waals surface area contributed by atoms with Crippen LogP contribution in [0.4, 0.5) is 0 Å². The quantitative estimate of drug-likeness (QED) is 0.658. The summed E-state index contributed by atoms with van der Waals surface area (Å²) in [6.45, 7) is 1.34. The molecule has 1 aromatic carbocycles. The molecule has 0 saturated heterocycles. The molecule has 3 rings (SSSR count). The maximum Gasteiger partial charge on any atom is 0.244 e. The van der Waals surface area contributed by atoms with E-state index in [1.807, 2.05) is 0 Å². The van der Waals surface area contributed by atoms with Crippen LogP contribution in [-0.2, 0) is 15.9 Å². The normalized spacial score (nSPS) is 19.2. The van der Waals surface area contributed by atoms with Gasteiger partial charge in [-0.1, -0.05) is 6.07 Å². The molecule has 1 aromatic rings. The third kappa shape index (κ3) is 3.81. The van der Waals surface area contributed by atoms with Crippen molar-refractivity contribution in [3.63, 3.8) is 0 Å². The first-order valence-electron chi connectivity index (χ1n) is 7.35. The Morgan fingerprint density at radius 1 is 1.14 bits per heavy atom. The molecule has 0 aliphatic heterocycles. The largest absolute Gasteiger partial charge is 0.244 e. The van der Waals surface area contributed by atoms with Crippen LogP contribution < -0.4 is 0 Å². The monoisotopic (exact) mass is 391 g/mol.